The summed E-state index contributed by atoms with van der Waals surface area (Å²) in [5, 5.41) is 5.31. The Hall–Kier alpha value is -0.380. The lowest BCUT2D eigenvalue weighted by molar-refractivity contribution is 0.389. The van der Waals surface area contributed by atoms with Gasteiger partial charge in [0.15, 0.2) is 5.16 Å². The Morgan fingerprint density at radius 2 is 2.31 bits per heavy atom. The molecule has 1 heterocycles. The normalized spacial score (nSPS) is 11.4. The molecule has 0 unspecified atom stereocenters. The largest absolute Gasteiger partial charge is 0.480 e. The lowest BCUT2D eigenvalue weighted by atomic mass is 10.6. The topological polar surface area (TPSA) is 95.2 Å². The van der Waals surface area contributed by atoms with Gasteiger partial charge in [-0.15, -0.1) is 0 Å². The van der Waals surface area contributed by atoms with E-state index in [0.717, 1.165) is 0 Å². The Morgan fingerprint density at radius 3 is 2.88 bits per heavy atom. The number of methoxy groups -OCH3 is 1. The number of sulfonamides is 1. The molecule has 0 saturated heterocycles. The number of thioether (sulfide) groups is 1. The van der Waals surface area contributed by atoms with Gasteiger partial charge >= 0.3 is 0 Å². The molecule has 1 rings (SSSR count). The summed E-state index contributed by atoms with van der Waals surface area (Å²) >= 11 is 4.42. The first kappa shape index (κ1) is 13.7. The summed E-state index contributed by atoms with van der Waals surface area (Å²) in [5.41, 5.74) is 0. The molecular weight excluding hydrogens is 318 g/mol. The van der Waals surface area contributed by atoms with Gasteiger partial charge in [-0.05, 0) is 15.9 Å². The summed E-state index contributed by atoms with van der Waals surface area (Å²) in [4.78, 5) is 8.05. The molecule has 0 amide bonds. The van der Waals surface area contributed by atoms with Crippen molar-refractivity contribution in [3.63, 3.8) is 0 Å². The average molecular weight is 328 g/mol. The number of aromatic nitrogens is 2. The van der Waals surface area contributed by atoms with Crippen LogP contribution in [0.2, 0.25) is 0 Å². The highest BCUT2D eigenvalue weighted by molar-refractivity contribution is 9.10. The zero-order valence-corrected chi connectivity index (χ0v) is 11.6. The SMILES string of the molecule is COc1nc(SCCS(N)(=O)=O)ncc1Br. The minimum absolute atomic E-state index is 0.112. The van der Waals surface area contributed by atoms with Gasteiger partial charge in [0, 0.05) is 11.9 Å². The fraction of sp³-hybridized carbons (Fsp3) is 0.429. The summed E-state index contributed by atoms with van der Waals surface area (Å²) in [5.74, 6) is 0.608. The minimum atomic E-state index is -3.44. The second-order valence-electron chi connectivity index (χ2n) is 2.73. The molecule has 0 spiro atoms. The Kier molecular flexibility index (Phi) is 4.96. The summed E-state index contributed by atoms with van der Waals surface area (Å²) in [6, 6.07) is 0. The first-order chi connectivity index (χ1) is 7.42. The fourth-order valence-electron chi connectivity index (χ4n) is 0.798. The fourth-order valence-corrected chi connectivity index (χ4v) is 2.87. The molecule has 0 aliphatic rings. The first-order valence-corrected chi connectivity index (χ1v) is 7.61. The van der Waals surface area contributed by atoms with Crippen LogP contribution in [0.1, 0.15) is 0 Å². The van der Waals surface area contributed by atoms with Crippen LogP contribution in [0, 0.1) is 0 Å². The van der Waals surface area contributed by atoms with E-state index in [4.69, 9.17) is 9.88 Å². The van der Waals surface area contributed by atoms with Crippen molar-refractivity contribution in [1.82, 2.24) is 9.97 Å². The highest BCUT2D eigenvalue weighted by Crippen LogP contribution is 2.23. The lowest BCUT2D eigenvalue weighted by Crippen LogP contribution is -2.17. The molecule has 1 aromatic heterocycles. The van der Waals surface area contributed by atoms with Gasteiger partial charge in [0.25, 0.3) is 0 Å². The van der Waals surface area contributed by atoms with Crippen LogP contribution >= 0.6 is 27.7 Å². The summed E-state index contributed by atoms with van der Waals surface area (Å²) in [7, 11) is -1.94. The molecule has 0 atom stereocenters. The van der Waals surface area contributed by atoms with Crippen LogP contribution in [0.25, 0.3) is 0 Å². The summed E-state index contributed by atoms with van der Waals surface area (Å²) in [6.45, 7) is 0. The standard InChI is InChI=1S/C7H10BrN3O3S2/c1-14-6-5(8)4-10-7(11-6)15-2-3-16(9,12)13/h4H,2-3H2,1H3,(H2,9,12,13). The van der Waals surface area contributed by atoms with Crippen molar-refractivity contribution in [1.29, 1.82) is 0 Å². The molecule has 16 heavy (non-hydrogen) atoms. The number of hydrogen-bond acceptors (Lipinski definition) is 6. The van der Waals surface area contributed by atoms with Crippen molar-refractivity contribution in [3.8, 4) is 5.88 Å². The predicted octanol–water partition coefficient (Wildman–Crippen LogP) is 0.628. The van der Waals surface area contributed by atoms with Crippen LogP contribution < -0.4 is 9.88 Å². The van der Waals surface area contributed by atoms with Gasteiger partial charge in [0.05, 0.1) is 17.3 Å². The molecule has 0 aliphatic carbocycles. The zero-order chi connectivity index (χ0) is 12.2. The van der Waals surface area contributed by atoms with Gasteiger partial charge < -0.3 is 4.74 Å². The molecule has 9 heteroatoms. The van der Waals surface area contributed by atoms with E-state index in [9.17, 15) is 8.42 Å². The van der Waals surface area contributed by atoms with E-state index in [0.29, 0.717) is 21.3 Å². The van der Waals surface area contributed by atoms with Crippen molar-refractivity contribution >= 4 is 37.7 Å². The van der Waals surface area contributed by atoms with E-state index in [1.807, 2.05) is 0 Å². The number of primary sulfonamides is 1. The molecule has 0 bridgehead atoms. The molecule has 0 radical (unpaired) electrons. The molecule has 0 aromatic carbocycles. The summed E-state index contributed by atoms with van der Waals surface area (Å²) < 4.78 is 27.0. The van der Waals surface area contributed by atoms with Gasteiger partial charge in [-0.3, -0.25) is 0 Å². The highest BCUT2D eigenvalue weighted by atomic mass is 79.9. The Morgan fingerprint density at radius 1 is 1.62 bits per heavy atom. The second-order valence-corrected chi connectivity index (χ2v) is 6.38. The van der Waals surface area contributed by atoms with Crippen LogP contribution in [0.15, 0.2) is 15.8 Å². The predicted molar refractivity (Wildman–Crippen MR) is 65.0 cm³/mol. The monoisotopic (exact) mass is 327 g/mol. The number of nitrogens with zero attached hydrogens (tertiary/aromatic N) is 2. The maximum absolute atomic E-state index is 10.7. The van der Waals surface area contributed by atoms with E-state index in [-0.39, 0.29) is 5.75 Å². The van der Waals surface area contributed by atoms with Crippen molar-refractivity contribution in [3.05, 3.63) is 10.7 Å². The zero-order valence-electron chi connectivity index (χ0n) is 8.38. The van der Waals surface area contributed by atoms with Gasteiger partial charge in [-0.25, -0.2) is 18.5 Å². The maximum Gasteiger partial charge on any atom is 0.231 e. The van der Waals surface area contributed by atoms with Crippen molar-refractivity contribution < 1.29 is 13.2 Å². The molecule has 6 nitrogen and oxygen atoms in total. The summed E-state index contributed by atoms with van der Waals surface area (Å²) in [6.07, 6.45) is 1.55. The molecule has 0 saturated carbocycles. The number of halogens is 1. The van der Waals surface area contributed by atoms with E-state index in [2.05, 4.69) is 25.9 Å². The van der Waals surface area contributed by atoms with E-state index >= 15 is 0 Å². The molecule has 0 aliphatic heterocycles. The molecular formula is C7H10BrN3O3S2. The van der Waals surface area contributed by atoms with Crippen LogP contribution in [0.3, 0.4) is 0 Å². The Bertz CT molecular complexity index is 466. The molecule has 1 aromatic rings. The molecule has 2 N–H and O–H groups in total. The maximum atomic E-state index is 10.7. The van der Waals surface area contributed by atoms with Crippen LogP contribution in [0.4, 0.5) is 0 Å². The van der Waals surface area contributed by atoms with Crippen LogP contribution in [0.5, 0.6) is 5.88 Å². The third-order valence-electron chi connectivity index (χ3n) is 1.48. The van der Waals surface area contributed by atoms with Gasteiger partial charge in [0.1, 0.15) is 0 Å². The number of ether oxygens (including phenoxy) is 1. The minimum Gasteiger partial charge on any atom is -0.480 e. The third kappa shape index (κ3) is 4.64. The van der Waals surface area contributed by atoms with Gasteiger partial charge in [-0.1, -0.05) is 11.8 Å². The van der Waals surface area contributed by atoms with Gasteiger partial charge in [0.2, 0.25) is 15.9 Å². The number of hydrogen-bond donors (Lipinski definition) is 1. The van der Waals surface area contributed by atoms with Crippen LogP contribution in [-0.2, 0) is 10.0 Å². The van der Waals surface area contributed by atoms with Crippen molar-refractivity contribution in [2.75, 3.05) is 18.6 Å². The van der Waals surface area contributed by atoms with E-state index in [1.165, 1.54) is 18.9 Å². The smallest absolute Gasteiger partial charge is 0.231 e. The van der Waals surface area contributed by atoms with E-state index < -0.39 is 10.0 Å². The third-order valence-corrected chi connectivity index (χ3v) is 3.92. The first-order valence-electron chi connectivity index (χ1n) is 4.12. The molecule has 0 fully saturated rings. The lowest BCUT2D eigenvalue weighted by Gasteiger charge is -2.03. The quantitative estimate of drug-likeness (QED) is 0.629. The Balaban J connectivity index is 2.61. The Labute approximate surface area is 106 Å². The van der Waals surface area contributed by atoms with Crippen molar-refractivity contribution in [2.24, 2.45) is 5.14 Å². The van der Waals surface area contributed by atoms with E-state index in [1.54, 1.807) is 6.20 Å². The molecule has 90 valence electrons. The van der Waals surface area contributed by atoms with Gasteiger partial charge in [-0.2, -0.15) is 4.98 Å². The number of rotatable bonds is 5. The average Bonchev–Trinajstić information content (AvgIpc) is 2.18. The van der Waals surface area contributed by atoms with Crippen molar-refractivity contribution in [2.45, 2.75) is 5.16 Å². The van der Waals surface area contributed by atoms with Crippen LogP contribution in [-0.4, -0.2) is 37.0 Å². The number of nitrogens with two attached hydrogens (primary N) is 1. The highest BCUT2D eigenvalue weighted by Gasteiger charge is 2.07. The second kappa shape index (κ2) is 5.80.